The zero-order valence-corrected chi connectivity index (χ0v) is 11.5. The second kappa shape index (κ2) is 3.92. The van der Waals surface area contributed by atoms with E-state index in [0.29, 0.717) is 0 Å². The van der Waals surface area contributed by atoms with Gasteiger partial charge in [-0.15, -0.1) is 0 Å². The molecule has 17 heavy (non-hydrogen) atoms. The Bertz CT molecular complexity index is 397. The van der Waals surface area contributed by atoms with Crippen molar-refractivity contribution in [2.24, 2.45) is 11.8 Å². The van der Waals surface area contributed by atoms with E-state index in [9.17, 15) is 0 Å². The highest BCUT2D eigenvalue weighted by atomic mass is 32.1. The summed E-state index contributed by atoms with van der Waals surface area (Å²) in [4.78, 5) is 7.12. The van der Waals surface area contributed by atoms with Crippen LogP contribution in [0.1, 0.15) is 26.6 Å². The van der Waals surface area contributed by atoms with E-state index in [1.807, 2.05) is 0 Å². The largest absolute Gasteiger partial charge is 0.346 e. The third kappa shape index (κ3) is 2.06. The Kier molecular flexibility index (Phi) is 2.63. The number of anilines is 1. The molecule has 1 aromatic rings. The van der Waals surface area contributed by atoms with Crippen LogP contribution < -0.4 is 10.2 Å². The topological polar surface area (TPSA) is 41.1 Å². The van der Waals surface area contributed by atoms with Gasteiger partial charge in [0.05, 0.1) is 0 Å². The van der Waals surface area contributed by atoms with Crippen LogP contribution in [0, 0.1) is 11.8 Å². The molecule has 2 saturated heterocycles. The molecule has 0 amide bonds. The zero-order valence-electron chi connectivity index (χ0n) is 10.7. The van der Waals surface area contributed by atoms with Crippen molar-refractivity contribution in [2.75, 3.05) is 31.1 Å². The van der Waals surface area contributed by atoms with Crippen LogP contribution in [0.4, 0.5) is 5.13 Å². The van der Waals surface area contributed by atoms with Crippen molar-refractivity contribution in [3.8, 4) is 0 Å². The van der Waals surface area contributed by atoms with Crippen molar-refractivity contribution in [3.63, 3.8) is 0 Å². The van der Waals surface area contributed by atoms with Gasteiger partial charge >= 0.3 is 0 Å². The van der Waals surface area contributed by atoms with Gasteiger partial charge in [0.2, 0.25) is 5.13 Å². The lowest BCUT2D eigenvalue weighted by atomic mass is 9.96. The molecule has 1 N–H and O–H groups in total. The lowest BCUT2D eigenvalue weighted by Gasteiger charge is -2.16. The number of aromatic nitrogens is 2. The van der Waals surface area contributed by atoms with Gasteiger partial charge in [-0.2, -0.15) is 4.37 Å². The molecule has 0 spiro atoms. The third-order valence-corrected chi connectivity index (χ3v) is 4.52. The van der Waals surface area contributed by atoms with Crippen LogP contribution >= 0.6 is 11.5 Å². The Morgan fingerprint density at radius 1 is 1.24 bits per heavy atom. The van der Waals surface area contributed by atoms with Crippen molar-refractivity contribution in [1.82, 2.24) is 14.7 Å². The van der Waals surface area contributed by atoms with Crippen molar-refractivity contribution in [2.45, 2.75) is 26.2 Å². The molecule has 0 saturated carbocycles. The molecule has 4 nitrogen and oxygen atoms in total. The van der Waals surface area contributed by atoms with Crippen LogP contribution in [0.5, 0.6) is 0 Å². The molecule has 1 aromatic heterocycles. The molecule has 2 aliphatic rings. The van der Waals surface area contributed by atoms with Crippen molar-refractivity contribution >= 4 is 16.7 Å². The van der Waals surface area contributed by atoms with Gasteiger partial charge < -0.3 is 10.2 Å². The summed E-state index contributed by atoms with van der Waals surface area (Å²) in [7, 11) is 0. The molecule has 2 atom stereocenters. The van der Waals surface area contributed by atoms with Gasteiger partial charge in [-0.25, -0.2) is 4.98 Å². The lowest BCUT2D eigenvalue weighted by Crippen LogP contribution is -2.25. The van der Waals surface area contributed by atoms with Crippen LogP contribution in [0.15, 0.2) is 0 Å². The maximum absolute atomic E-state index is 4.70. The van der Waals surface area contributed by atoms with Crippen LogP contribution in [-0.2, 0) is 5.41 Å². The highest BCUT2D eigenvalue weighted by Crippen LogP contribution is 2.32. The molecular weight excluding hydrogens is 232 g/mol. The van der Waals surface area contributed by atoms with E-state index < -0.39 is 0 Å². The number of nitrogens with zero attached hydrogens (tertiary/aromatic N) is 3. The van der Waals surface area contributed by atoms with Crippen molar-refractivity contribution in [3.05, 3.63) is 5.82 Å². The molecular formula is C12H20N4S. The van der Waals surface area contributed by atoms with Gasteiger partial charge in [-0.3, -0.25) is 0 Å². The molecule has 0 aliphatic carbocycles. The molecule has 3 rings (SSSR count). The summed E-state index contributed by atoms with van der Waals surface area (Å²) in [6.07, 6.45) is 0. The summed E-state index contributed by atoms with van der Waals surface area (Å²) in [6, 6.07) is 0. The maximum Gasteiger partial charge on any atom is 0.205 e. The normalized spacial score (nSPS) is 28.8. The maximum atomic E-state index is 4.70. The molecule has 2 aliphatic heterocycles. The molecule has 2 unspecified atom stereocenters. The molecule has 0 bridgehead atoms. The summed E-state index contributed by atoms with van der Waals surface area (Å²) < 4.78 is 4.50. The SMILES string of the molecule is CC(C)(C)c1nsc(N2CC3CNCC3C2)n1. The Balaban J connectivity index is 1.75. The predicted molar refractivity (Wildman–Crippen MR) is 70.7 cm³/mol. The highest BCUT2D eigenvalue weighted by Gasteiger charge is 2.37. The fraction of sp³-hybridized carbons (Fsp3) is 0.833. The van der Waals surface area contributed by atoms with E-state index in [1.165, 1.54) is 13.1 Å². The summed E-state index contributed by atoms with van der Waals surface area (Å²) in [6.45, 7) is 11.1. The molecule has 0 radical (unpaired) electrons. The number of fused-ring (bicyclic) bond motifs is 1. The van der Waals surface area contributed by atoms with E-state index in [0.717, 1.165) is 35.9 Å². The van der Waals surface area contributed by atoms with Crippen LogP contribution in [0.3, 0.4) is 0 Å². The molecule has 3 heterocycles. The van der Waals surface area contributed by atoms with Gasteiger partial charge in [0.1, 0.15) is 5.82 Å². The Labute approximate surface area is 107 Å². The fourth-order valence-electron chi connectivity index (χ4n) is 2.66. The Hall–Kier alpha value is -0.680. The highest BCUT2D eigenvalue weighted by molar-refractivity contribution is 7.09. The lowest BCUT2D eigenvalue weighted by molar-refractivity contribution is 0.533. The van der Waals surface area contributed by atoms with Gasteiger partial charge in [-0.1, -0.05) is 20.8 Å². The smallest absolute Gasteiger partial charge is 0.205 e. The van der Waals surface area contributed by atoms with E-state index in [1.54, 1.807) is 11.5 Å². The Morgan fingerprint density at radius 3 is 2.41 bits per heavy atom. The second-order valence-corrected chi connectivity index (χ2v) is 6.96. The minimum Gasteiger partial charge on any atom is -0.346 e. The first-order valence-corrected chi connectivity index (χ1v) is 7.11. The average Bonchev–Trinajstić information content (AvgIpc) is 2.90. The monoisotopic (exact) mass is 252 g/mol. The number of rotatable bonds is 1. The van der Waals surface area contributed by atoms with Gasteiger partial charge in [0.15, 0.2) is 0 Å². The zero-order chi connectivity index (χ0) is 12.0. The van der Waals surface area contributed by atoms with Crippen molar-refractivity contribution < 1.29 is 0 Å². The summed E-state index contributed by atoms with van der Waals surface area (Å²) >= 11 is 1.56. The number of hydrogen-bond acceptors (Lipinski definition) is 5. The van der Waals surface area contributed by atoms with Crippen LogP contribution in [-0.4, -0.2) is 35.5 Å². The quantitative estimate of drug-likeness (QED) is 0.822. The van der Waals surface area contributed by atoms with Gasteiger partial charge in [0.25, 0.3) is 0 Å². The first-order valence-electron chi connectivity index (χ1n) is 6.34. The summed E-state index contributed by atoms with van der Waals surface area (Å²) in [5, 5.41) is 4.58. The molecule has 2 fully saturated rings. The molecule has 94 valence electrons. The standard InChI is InChI=1S/C12H20N4S/c1-12(2,3)10-14-11(17-15-10)16-6-8-4-13-5-9(8)7-16/h8-9,13H,4-7H2,1-3H3. The predicted octanol–water partition coefficient (Wildman–Crippen LogP) is 1.49. The van der Waals surface area contributed by atoms with E-state index in [4.69, 9.17) is 4.98 Å². The minimum atomic E-state index is 0.0614. The Morgan fingerprint density at radius 2 is 1.88 bits per heavy atom. The van der Waals surface area contributed by atoms with E-state index in [-0.39, 0.29) is 5.41 Å². The summed E-state index contributed by atoms with van der Waals surface area (Å²) in [5.41, 5.74) is 0.0614. The number of hydrogen-bond donors (Lipinski definition) is 1. The average molecular weight is 252 g/mol. The summed E-state index contributed by atoms with van der Waals surface area (Å²) in [5.74, 6) is 2.61. The molecule has 0 aromatic carbocycles. The van der Waals surface area contributed by atoms with Crippen molar-refractivity contribution in [1.29, 1.82) is 0 Å². The molecule has 5 heteroatoms. The van der Waals surface area contributed by atoms with Gasteiger partial charge in [0, 0.05) is 43.1 Å². The van der Waals surface area contributed by atoms with E-state index in [2.05, 4.69) is 35.4 Å². The second-order valence-electron chi connectivity index (χ2n) is 6.23. The van der Waals surface area contributed by atoms with Gasteiger partial charge in [-0.05, 0) is 11.8 Å². The minimum absolute atomic E-state index is 0.0614. The third-order valence-electron chi connectivity index (χ3n) is 3.75. The number of nitrogens with one attached hydrogen (secondary N) is 1. The van der Waals surface area contributed by atoms with Crippen LogP contribution in [0.2, 0.25) is 0 Å². The first kappa shape index (κ1) is 11.4. The first-order chi connectivity index (χ1) is 8.04. The van der Waals surface area contributed by atoms with Crippen LogP contribution in [0.25, 0.3) is 0 Å². The fourth-order valence-corrected chi connectivity index (χ4v) is 3.53. The van der Waals surface area contributed by atoms with E-state index >= 15 is 0 Å².